The van der Waals surface area contributed by atoms with Gasteiger partial charge in [-0.1, -0.05) is 54.8 Å². The monoisotopic (exact) mass is 307 g/mol. The quantitative estimate of drug-likeness (QED) is 0.854. The van der Waals surface area contributed by atoms with Crippen molar-refractivity contribution in [1.29, 1.82) is 0 Å². The molecule has 0 amide bonds. The van der Waals surface area contributed by atoms with Crippen molar-refractivity contribution in [1.82, 2.24) is 15.0 Å². The first-order valence-corrected chi connectivity index (χ1v) is 7.80. The number of ether oxygens (including phenoxy) is 1. The Morgan fingerprint density at radius 1 is 1.30 bits per heavy atom. The van der Waals surface area contributed by atoms with E-state index < -0.39 is 0 Å². The van der Waals surface area contributed by atoms with Crippen molar-refractivity contribution in [2.75, 3.05) is 6.61 Å². The van der Waals surface area contributed by atoms with E-state index in [9.17, 15) is 0 Å². The van der Waals surface area contributed by atoms with E-state index >= 15 is 0 Å². The minimum atomic E-state index is -0.0257. The highest BCUT2D eigenvalue weighted by atomic mass is 16.5. The summed E-state index contributed by atoms with van der Waals surface area (Å²) in [7, 11) is 1.91. The lowest BCUT2D eigenvalue weighted by Crippen LogP contribution is -2.11. The number of nitrogens with zero attached hydrogens (tertiary/aromatic N) is 3. The molecule has 0 saturated carbocycles. The zero-order valence-corrected chi connectivity index (χ0v) is 13.6. The Kier molecular flexibility index (Phi) is 4.26. The molecule has 0 radical (unpaired) electrons. The second kappa shape index (κ2) is 6.34. The smallest absolute Gasteiger partial charge is 0.121 e. The standard InChI is InChI=1S/C19H21N3O/c1-5-13-12-17(23-7-3)15-10-8-9-11-16(15)19-18(14(13)6-2)20-21-22(19)4/h5-6,8-11,17H,1-2,7,12H2,3-4H3/b14-13-. The van der Waals surface area contributed by atoms with Gasteiger partial charge in [0, 0.05) is 31.2 Å². The Morgan fingerprint density at radius 3 is 2.78 bits per heavy atom. The van der Waals surface area contributed by atoms with E-state index in [0.717, 1.165) is 40.1 Å². The molecule has 1 aliphatic rings. The summed E-state index contributed by atoms with van der Waals surface area (Å²) in [6.45, 7) is 10.6. The van der Waals surface area contributed by atoms with Crippen molar-refractivity contribution >= 4 is 5.57 Å². The van der Waals surface area contributed by atoms with E-state index in [0.29, 0.717) is 6.61 Å². The Morgan fingerprint density at radius 2 is 2.09 bits per heavy atom. The third-order valence-corrected chi connectivity index (χ3v) is 4.21. The average molecular weight is 307 g/mol. The van der Waals surface area contributed by atoms with Gasteiger partial charge in [0.2, 0.25) is 0 Å². The van der Waals surface area contributed by atoms with E-state index in [1.165, 1.54) is 0 Å². The van der Waals surface area contributed by atoms with Gasteiger partial charge in [0.05, 0.1) is 11.8 Å². The first-order valence-electron chi connectivity index (χ1n) is 7.80. The van der Waals surface area contributed by atoms with E-state index in [1.807, 2.05) is 42.9 Å². The van der Waals surface area contributed by atoms with Crippen molar-refractivity contribution < 1.29 is 4.74 Å². The molecule has 0 spiro atoms. The number of rotatable bonds is 4. The second-order valence-electron chi connectivity index (χ2n) is 5.49. The summed E-state index contributed by atoms with van der Waals surface area (Å²) < 4.78 is 7.85. The highest BCUT2D eigenvalue weighted by Crippen LogP contribution is 2.41. The van der Waals surface area contributed by atoms with Crippen LogP contribution in [-0.2, 0) is 11.8 Å². The van der Waals surface area contributed by atoms with Crippen LogP contribution in [0.1, 0.15) is 30.7 Å². The maximum atomic E-state index is 6.03. The minimum Gasteiger partial charge on any atom is -0.373 e. The largest absolute Gasteiger partial charge is 0.373 e. The topological polar surface area (TPSA) is 39.9 Å². The van der Waals surface area contributed by atoms with Gasteiger partial charge in [-0.2, -0.15) is 0 Å². The summed E-state index contributed by atoms with van der Waals surface area (Å²) in [6, 6.07) is 8.29. The zero-order valence-electron chi connectivity index (χ0n) is 13.6. The van der Waals surface area contributed by atoms with Gasteiger partial charge < -0.3 is 4.74 Å². The maximum absolute atomic E-state index is 6.03. The van der Waals surface area contributed by atoms with Crippen LogP contribution in [0, 0.1) is 0 Å². The van der Waals surface area contributed by atoms with E-state index in [4.69, 9.17) is 4.74 Å². The van der Waals surface area contributed by atoms with E-state index in [1.54, 1.807) is 0 Å². The van der Waals surface area contributed by atoms with Gasteiger partial charge in [-0.25, -0.2) is 4.68 Å². The lowest BCUT2D eigenvalue weighted by molar-refractivity contribution is 0.0638. The summed E-state index contributed by atoms with van der Waals surface area (Å²) >= 11 is 0. The lowest BCUT2D eigenvalue weighted by atomic mass is 9.87. The predicted octanol–water partition coefficient (Wildman–Crippen LogP) is 4.09. The predicted molar refractivity (Wildman–Crippen MR) is 92.7 cm³/mol. The summed E-state index contributed by atoms with van der Waals surface area (Å²) in [5, 5.41) is 8.60. The Labute approximate surface area is 136 Å². The van der Waals surface area contributed by atoms with Crippen LogP contribution < -0.4 is 0 Å². The molecular formula is C19H21N3O. The molecule has 1 aromatic heterocycles. The molecular weight excluding hydrogens is 286 g/mol. The molecule has 0 fully saturated rings. The molecule has 1 aliphatic carbocycles. The molecule has 2 aromatic rings. The Bertz CT molecular complexity index is 786. The van der Waals surface area contributed by atoms with Gasteiger partial charge in [-0.3, -0.25) is 0 Å². The fourth-order valence-corrected chi connectivity index (χ4v) is 3.18. The molecule has 0 N–H and O–H groups in total. The molecule has 23 heavy (non-hydrogen) atoms. The van der Waals surface area contributed by atoms with Gasteiger partial charge in [-0.05, 0) is 18.1 Å². The fourth-order valence-electron chi connectivity index (χ4n) is 3.18. The van der Waals surface area contributed by atoms with Crippen LogP contribution in [0.4, 0.5) is 0 Å². The number of aromatic nitrogens is 3. The molecule has 4 heteroatoms. The van der Waals surface area contributed by atoms with Crippen molar-refractivity contribution in [3.05, 3.63) is 66.4 Å². The number of hydrogen-bond acceptors (Lipinski definition) is 3. The fraction of sp³-hybridized carbons (Fsp3) is 0.263. The van der Waals surface area contributed by atoms with E-state index in [-0.39, 0.29) is 6.10 Å². The zero-order chi connectivity index (χ0) is 16.4. The van der Waals surface area contributed by atoms with Gasteiger partial charge in [0.15, 0.2) is 0 Å². The second-order valence-corrected chi connectivity index (χ2v) is 5.49. The Hall–Kier alpha value is -2.46. The van der Waals surface area contributed by atoms with Crippen molar-refractivity contribution in [2.24, 2.45) is 7.05 Å². The van der Waals surface area contributed by atoms with Crippen molar-refractivity contribution in [3.63, 3.8) is 0 Å². The first-order chi connectivity index (χ1) is 11.2. The van der Waals surface area contributed by atoms with Gasteiger partial charge >= 0.3 is 0 Å². The van der Waals surface area contributed by atoms with Crippen LogP contribution in [0.5, 0.6) is 0 Å². The number of allylic oxidation sites excluding steroid dienone is 3. The molecule has 0 aliphatic heterocycles. The third-order valence-electron chi connectivity index (χ3n) is 4.21. The molecule has 4 nitrogen and oxygen atoms in total. The summed E-state index contributed by atoms with van der Waals surface area (Å²) in [6.07, 6.45) is 4.42. The maximum Gasteiger partial charge on any atom is 0.121 e. The number of fused-ring (bicyclic) bond motifs is 3. The molecule has 1 atom stereocenters. The number of benzene rings is 1. The Balaban J connectivity index is 2.35. The lowest BCUT2D eigenvalue weighted by Gasteiger charge is -2.24. The molecule has 118 valence electrons. The van der Waals surface area contributed by atoms with Crippen LogP contribution in [0.25, 0.3) is 16.8 Å². The van der Waals surface area contributed by atoms with Crippen LogP contribution in [0.2, 0.25) is 0 Å². The van der Waals surface area contributed by atoms with Gasteiger partial charge in [0.25, 0.3) is 0 Å². The molecule has 1 unspecified atom stereocenters. The number of aryl methyl sites for hydroxylation is 1. The molecule has 1 aromatic carbocycles. The van der Waals surface area contributed by atoms with Gasteiger partial charge in [-0.15, -0.1) is 5.10 Å². The summed E-state index contributed by atoms with van der Waals surface area (Å²) in [4.78, 5) is 0. The number of hydrogen-bond donors (Lipinski definition) is 0. The van der Waals surface area contributed by atoms with Crippen LogP contribution in [0.3, 0.4) is 0 Å². The molecule has 1 heterocycles. The average Bonchev–Trinajstić information content (AvgIpc) is 2.93. The van der Waals surface area contributed by atoms with Crippen molar-refractivity contribution in [3.8, 4) is 11.3 Å². The minimum absolute atomic E-state index is 0.0257. The first kappa shape index (κ1) is 15.4. The van der Waals surface area contributed by atoms with E-state index in [2.05, 4.69) is 35.6 Å². The molecule has 0 bridgehead atoms. The van der Waals surface area contributed by atoms with Crippen molar-refractivity contribution in [2.45, 2.75) is 19.4 Å². The van der Waals surface area contributed by atoms with Crippen LogP contribution in [-0.4, -0.2) is 21.6 Å². The highest BCUT2D eigenvalue weighted by Gasteiger charge is 2.27. The molecule has 3 rings (SSSR count). The third kappa shape index (κ3) is 2.55. The summed E-state index contributed by atoms with van der Waals surface area (Å²) in [5.41, 5.74) is 6.15. The SMILES string of the molecule is C=C/C1=C(\C=C)c2nnn(C)c2-c2ccccc2C(OCC)C1. The summed E-state index contributed by atoms with van der Waals surface area (Å²) in [5.74, 6) is 0. The van der Waals surface area contributed by atoms with Gasteiger partial charge in [0.1, 0.15) is 5.69 Å². The van der Waals surface area contributed by atoms with Crippen LogP contribution >= 0.6 is 0 Å². The highest BCUT2D eigenvalue weighted by molar-refractivity contribution is 5.86. The van der Waals surface area contributed by atoms with Crippen LogP contribution in [0.15, 0.2) is 55.1 Å². The molecule has 0 saturated heterocycles. The normalized spacial score (nSPS) is 20.2.